The van der Waals surface area contributed by atoms with Gasteiger partial charge in [-0.3, -0.25) is 14.9 Å². The fourth-order valence-corrected chi connectivity index (χ4v) is 3.64. The number of carbonyl (C=O) groups excluding carboxylic acids is 2. The second-order valence-corrected chi connectivity index (χ2v) is 7.30. The lowest BCUT2D eigenvalue weighted by Crippen LogP contribution is -2.17. The van der Waals surface area contributed by atoms with Gasteiger partial charge in [-0.1, -0.05) is 36.4 Å². The Bertz CT molecular complexity index is 936. The van der Waals surface area contributed by atoms with Crippen LogP contribution in [0.25, 0.3) is 6.08 Å². The van der Waals surface area contributed by atoms with Crippen LogP contribution in [0.1, 0.15) is 5.56 Å². The van der Waals surface area contributed by atoms with Crippen molar-refractivity contribution < 1.29 is 22.2 Å². The van der Waals surface area contributed by atoms with Crippen LogP contribution in [0.4, 0.5) is 4.79 Å². The average molecular weight is 361 g/mol. The van der Waals surface area contributed by atoms with E-state index in [0.717, 1.165) is 11.8 Å². The van der Waals surface area contributed by atoms with E-state index in [1.807, 2.05) is 0 Å². The van der Waals surface area contributed by atoms with Crippen molar-refractivity contribution >= 4 is 39.1 Å². The summed E-state index contributed by atoms with van der Waals surface area (Å²) in [5, 5.41) is 1.67. The molecule has 0 bridgehead atoms. The van der Waals surface area contributed by atoms with Crippen molar-refractivity contribution in [3.63, 3.8) is 0 Å². The molecule has 1 heterocycles. The zero-order chi connectivity index (χ0) is 17.2. The molecule has 122 valence electrons. The summed E-state index contributed by atoms with van der Waals surface area (Å²) in [5.74, 6) is -0.452. The third-order valence-corrected chi connectivity index (χ3v) is 5.14. The normalized spacial score (nSPS) is 16.2. The highest BCUT2D eigenvalue weighted by molar-refractivity contribution is 8.18. The van der Waals surface area contributed by atoms with Crippen LogP contribution in [0.3, 0.4) is 0 Å². The van der Waals surface area contributed by atoms with E-state index in [2.05, 4.69) is 5.32 Å². The third-order valence-electron chi connectivity index (χ3n) is 3.08. The minimum Gasteiger partial charge on any atom is -0.378 e. The number of rotatable bonds is 4. The fourth-order valence-electron chi connectivity index (χ4n) is 1.99. The monoisotopic (exact) mass is 361 g/mol. The number of hydrogen-bond acceptors (Lipinski definition) is 6. The Hall–Kier alpha value is -2.58. The van der Waals surface area contributed by atoms with Gasteiger partial charge >= 0.3 is 10.1 Å². The number of carbonyl (C=O) groups is 2. The first-order chi connectivity index (χ1) is 11.5. The van der Waals surface area contributed by atoms with Gasteiger partial charge in [-0.05, 0) is 36.0 Å². The van der Waals surface area contributed by atoms with E-state index in [-0.39, 0.29) is 15.6 Å². The van der Waals surface area contributed by atoms with Gasteiger partial charge in [0, 0.05) is 5.56 Å². The molecule has 0 radical (unpaired) electrons. The third kappa shape index (κ3) is 3.50. The first-order valence-corrected chi connectivity index (χ1v) is 9.01. The van der Waals surface area contributed by atoms with Gasteiger partial charge in [-0.2, -0.15) is 8.42 Å². The summed E-state index contributed by atoms with van der Waals surface area (Å²) in [6.45, 7) is 0. The van der Waals surface area contributed by atoms with E-state index < -0.39 is 21.3 Å². The lowest BCUT2D eigenvalue weighted by atomic mass is 10.2. The molecule has 2 aromatic rings. The largest absolute Gasteiger partial charge is 0.378 e. The van der Waals surface area contributed by atoms with E-state index in [1.165, 1.54) is 24.3 Å². The smallest absolute Gasteiger partial charge is 0.339 e. The summed E-state index contributed by atoms with van der Waals surface area (Å²) in [6.07, 6.45) is 1.42. The second kappa shape index (κ2) is 6.50. The minimum absolute atomic E-state index is 0.0237. The Kier molecular flexibility index (Phi) is 4.41. The van der Waals surface area contributed by atoms with Gasteiger partial charge in [0.1, 0.15) is 10.6 Å². The molecule has 1 fully saturated rings. The van der Waals surface area contributed by atoms with Gasteiger partial charge in [0.15, 0.2) is 0 Å². The summed E-state index contributed by atoms with van der Waals surface area (Å²) in [7, 11) is -4.00. The predicted molar refractivity (Wildman–Crippen MR) is 89.8 cm³/mol. The molecule has 3 rings (SSSR count). The second-order valence-electron chi connectivity index (χ2n) is 4.74. The first kappa shape index (κ1) is 16.3. The molecule has 2 amide bonds. The van der Waals surface area contributed by atoms with Gasteiger partial charge in [0.25, 0.3) is 11.1 Å². The van der Waals surface area contributed by atoms with E-state index in [0.29, 0.717) is 5.56 Å². The number of amides is 2. The Morgan fingerprint density at radius 3 is 2.29 bits per heavy atom. The standard InChI is InChI=1S/C16H11NO5S2/c18-15-14(23-16(19)17-15)10-11-6-4-5-9-13(11)22-24(20,21)12-7-2-1-3-8-12/h1-10H,(H,17,18,19)/b14-10-. The molecule has 0 saturated carbocycles. The lowest BCUT2D eigenvalue weighted by Gasteiger charge is -2.09. The van der Waals surface area contributed by atoms with Gasteiger partial charge in [-0.15, -0.1) is 0 Å². The van der Waals surface area contributed by atoms with Gasteiger partial charge < -0.3 is 4.18 Å². The quantitative estimate of drug-likeness (QED) is 0.665. The maximum atomic E-state index is 12.3. The highest BCUT2D eigenvalue weighted by Crippen LogP contribution is 2.30. The molecule has 6 nitrogen and oxygen atoms in total. The van der Waals surface area contributed by atoms with Crippen LogP contribution in [-0.2, 0) is 14.9 Å². The molecular formula is C16H11NO5S2. The van der Waals surface area contributed by atoms with Gasteiger partial charge in [-0.25, -0.2) is 0 Å². The molecule has 2 aromatic carbocycles. The zero-order valence-electron chi connectivity index (χ0n) is 12.1. The molecule has 0 aromatic heterocycles. The molecule has 1 saturated heterocycles. The van der Waals surface area contributed by atoms with E-state index in [1.54, 1.807) is 36.4 Å². The van der Waals surface area contributed by atoms with Crippen LogP contribution in [0.15, 0.2) is 64.4 Å². The SMILES string of the molecule is O=C1NC(=O)/C(=C/c2ccccc2OS(=O)(=O)c2ccccc2)S1. The van der Waals surface area contributed by atoms with E-state index in [4.69, 9.17) is 4.18 Å². The van der Waals surface area contributed by atoms with Crippen LogP contribution in [0.2, 0.25) is 0 Å². The molecule has 0 unspecified atom stereocenters. The molecule has 8 heteroatoms. The summed E-state index contributed by atoms with van der Waals surface area (Å²) in [6, 6.07) is 14.1. The maximum absolute atomic E-state index is 12.3. The number of thioether (sulfide) groups is 1. The number of benzene rings is 2. The zero-order valence-corrected chi connectivity index (χ0v) is 13.8. The number of nitrogens with one attached hydrogen (secondary N) is 1. The molecule has 1 aliphatic rings. The van der Waals surface area contributed by atoms with Crippen molar-refractivity contribution in [2.24, 2.45) is 0 Å². The van der Waals surface area contributed by atoms with Crippen LogP contribution >= 0.6 is 11.8 Å². The topological polar surface area (TPSA) is 89.5 Å². The average Bonchev–Trinajstić information content (AvgIpc) is 2.87. The van der Waals surface area contributed by atoms with Gasteiger partial charge in [0.2, 0.25) is 0 Å². The Balaban J connectivity index is 1.95. The van der Waals surface area contributed by atoms with Crippen molar-refractivity contribution in [3.05, 3.63) is 65.1 Å². The highest BCUT2D eigenvalue weighted by atomic mass is 32.2. The molecule has 0 atom stereocenters. The van der Waals surface area contributed by atoms with Crippen molar-refractivity contribution in [2.75, 3.05) is 0 Å². The Labute approximate surface area is 142 Å². The summed E-state index contributed by atoms with van der Waals surface area (Å²) < 4.78 is 29.8. The van der Waals surface area contributed by atoms with Crippen molar-refractivity contribution in [3.8, 4) is 5.75 Å². The number of hydrogen-bond donors (Lipinski definition) is 1. The Morgan fingerprint density at radius 2 is 1.62 bits per heavy atom. The first-order valence-electron chi connectivity index (χ1n) is 6.79. The van der Waals surface area contributed by atoms with Crippen molar-refractivity contribution in [1.29, 1.82) is 0 Å². The molecule has 1 N–H and O–H groups in total. The molecule has 0 spiro atoms. The molecule has 0 aliphatic carbocycles. The summed E-state index contributed by atoms with van der Waals surface area (Å²) in [5.41, 5.74) is 0.379. The number of imide groups is 1. The van der Waals surface area contributed by atoms with Crippen molar-refractivity contribution in [2.45, 2.75) is 4.90 Å². The fraction of sp³-hybridized carbons (Fsp3) is 0. The van der Waals surface area contributed by atoms with Crippen LogP contribution in [-0.4, -0.2) is 19.6 Å². The van der Waals surface area contributed by atoms with Crippen LogP contribution < -0.4 is 9.50 Å². The maximum Gasteiger partial charge on any atom is 0.339 e. The lowest BCUT2D eigenvalue weighted by molar-refractivity contribution is -0.115. The van der Waals surface area contributed by atoms with Crippen LogP contribution in [0.5, 0.6) is 5.75 Å². The Morgan fingerprint density at radius 1 is 0.958 bits per heavy atom. The molecule has 24 heavy (non-hydrogen) atoms. The van der Waals surface area contributed by atoms with E-state index >= 15 is 0 Å². The predicted octanol–water partition coefficient (Wildman–Crippen LogP) is 2.78. The molecular weight excluding hydrogens is 350 g/mol. The number of para-hydroxylation sites is 1. The highest BCUT2D eigenvalue weighted by Gasteiger charge is 2.26. The molecule has 1 aliphatic heterocycles. The summed E-state index contributed by atoms with van der Waals surface area (Å²) >= 11 is 0.748. The summed E-state index contributed by atoms with van der Waals surface area (Å²) in [4.78, 5) is 23.0. The van der Waals surface area contributed by atoms with E-state index in [9.17, 15) is 18.0 Å². The van der Waals surface area contributed by atoms with Gasteiger partial charge in [0.05, 0.1) is 4.91 Å². The van der Waals surface area contributed by atoms with Crippen LogP contribution in [0, 0.1) is 0 Å². The van der Waals surface area contributed by atoms with Crippen molar-refractivity contribution in [1.82, 2.24) is 5.32 Å². The minimum atomic E-state index is -4.00.